The maximum absolute atomic E-state index is 12.8. The third-order valence-electron chi connectivity index (χ3n) is 3.48. The van der Waals surface area contributed by atoms with Gasteiger partial charge >= 0.3 is 6.18 Å². The van der Waals surface area contributed by atoms with Crippen LogP contribution in [-0.2, 0) is 13.6 Å². The van der Waals surface area contributed by atoms with Crippen LogP contribution in [-0.4, -0.2) is 26.9 Å². The van der Waals surface area contributed by atoms with Gasteiger partial charge in [-0.25, -0.2) is 4.52 Å². The maximum Gasteiger partial charge on any atom is 0.395 e. The van der Waals surface area contributed by atoms with E-state index in [-0.39, 0.29) is 18.6 Å². The van der Waals surface area contributed by atoms with Crippen molar-refractivity contribution in [2.45, 2.75) is 26.6 Å². The molecule has 21 heavy (non-hydrogen) atoms. The van der Waals surface area contributed by atoms with Crippen LogP contribution in [0.15, 0.2) is 23.1 Å². The van der Waals surface area contributed by atoms with Crippen LogP contribution in [0.5, 0.6) is 0 Å². The molecule has 0 atom stereocenters. The number of aromatic nitrogens is 3. The Morgan fingerprint density at radius 1 is 1.33 bits per heavy atom. The highest BCUT2D eigenvalue weighted by molar-refractivity contribution is 5.43. The van der Waals surface area contributed by atoms with Crippen molar-refractivity contribution in [3.05, 3.63) is 34.5 Å². The van der Waals surface area contributed by atoms with Gasteiger partial charge in [0.15, 0.2) is 0 Å². The molecule has 8 heteroatoms. The summed E-state index contributed by atoms with van der Waals surface area (Å²) in [6, 6.07) is 3.33. The van der Waals surface area contributed by atoms with Crippen LogP contribution in [0.3, 0.4) is 0 Å². The average molecular weight is 302 g/mol. The number of nitrogens with one attached hydrogen (secondary N) is 1. The molecule has 0 aromatic carbocycles. The van der Waals surface area contributed by atoms with E-state index in [1.165, 1.54) is 9.08 Å². The molecule has 2 aromatic rings. The number of halogens is 3. The Bertz CT molecular complexity index is 699. The first-order valence-corrected chi connectivity index (χ1v) is 6.44. The smallest absolute Gasteiger partial charge is 0.309 e. The van der Waals surface area contributed by atoms with Crippen LogP contribution in [0.1, 0.15) is 19.7 Å². The van der Waals surface area contributed by atoms with E-state index >= 15 is 0 Å². The zero-order valence-electron chi connectivity index (χ0n) is 12.0. The SMILES string of the molecule is Cn1c(CNCC(C)(C)C(F)(F)F)nn2cccc2c1=O. The highest BCUT2D eigenvalue weighted by Crippen LogP contribution is 2.36. The summed E-state index contributed by atoms with van der Waals surface area (Å²) in [6.45, 7) is 2.08. The fraction of sp³-hybridized carbons (Fsp3) is 0.538. The molecule has 116 valence electrons. The molecule has 0 aliphatic carbocycles. The molecular weight excluding hydrogens is 285 g/mol. The molecule has 2 rings (SSSR count). The average Bonchev–Trinajstić information content (AvgIpc) is 2.82. The quantitative estimate of drug-likeness (QED) is 0.935. The zero-order chi connectivity index (χ0) is 15.8. The van der Waals surface area contributed by atoms with Gasteiger partial charge in [-0.2, -0.15) is 18.3 Å². The fourth-order valence-electron chi connectivity index (χ4n) is 1.85. The van der Waals surface area contributed by atoms with Gasteiger partial charge in [0.1, 0.15) is 11.3 Å². The third-order valence-corrected chi connectivity index (χ3v) is 3.48. The van der Waals surface area contributed by atoms with Gasteiger partial charge in [0.2, 0.25) is 0 Å². The van der Waals surface area contributed by atoms with Gasteiger partial charge in [-0.3, -0.25) is 9.36 Å². The molecule has 0 aliphatic rings. The van der Waals surface area contributed by atoms with Gasteiger partial charge in [-0.1, -0.05) is 0 Å². The monoisotopic (exact) mass is 302 g/mol. The molecule has 1 N–H and O–H groups in total. The Kier molecular flexibility index (Phi) is 3.83. The van der Waals surface area contributed by atoms with Gasteiger partial charge < -0.3 is 5.32 Å². The number of alkyl halides is 3. The van der Waals surface area contributed by atoms with E-state index in [0.29, 0.717) is 11.3 Å². The first-order chi connectivity index (χ1) is 9.63. The second-order valence-electron chi connectivity index (χ2n) is 5.60. The Labute approximate surface area is 119 Å². The molecule has 0 saturated carbocycles. The van der Waals surface area contributed by atoms with Crippen molar-refractivity contribution in [1.82, 2.24) is 19.5 Å². The van der Waals surface area contributed by atoms with E-state index < -0.39 is 11.6 Å². The van der Waals surface area contributed by atoms with Crippen molar-refractivity contribution < 1.29 is 13.2 Å². The zero-order valence-corrected chi connectivity index (χ0v) is 12.0. The highest BCUT2D eigenvalue weighted by Gasteiger charge is 2.46. The molecule has 0 aliphatic heterocycles. The van der Waals surface area contributed by atoms with Crippen LogP contribution < -0.4 is 10.9 Å². The second-order valence-corrected chi connectivity index (χ2v) is 5.60. The van der Waals surface area contributed by atoms with Crippen LogP contribution in [0.4, 0.5) is 13.2 Å². The molecule has 0 bridgehead atoms. The van der Waals surface area contributed by atoms with E-state index in [9.17, 15) is 18.0 Å². The van der Waals surface area contributed by atoms with Crippen molar-refractivity contribution >= 4 is 5.52 Å². The van der Waals surface area contributed by atoms with Crippen molar-refractivity contribution in [2.24, 2.45) is 12.5 Å². The summed E-state index contributed by atoms with van der Waals surface area (Å²) in [5.74, 6) is 0.377. The van der Waals surface area contributed by atoms with E-state index in [1.54, 1.807) is 25.4 Å². The molecule has 0 fully saturated rings. The minimum atomic E-state index is -4.29. The molecular formula is C13H17F3N4O. The van der Waals surface area contributed by atoms with Crippen LogP contribution in [0, 0.1) is 5.41 Å². The van der Waals surface area contributed by atoms with Crippen molar-refractivity contribution in [3.63, 3.8) is 0 Å². The van der Waals surface area contributed by atoms with Crippen LogP contribution in [0.25, 0.3) is 5.52 Å². The third kappa shape index (κ3) is 2.94. The normalized spacial score (nSPS) is 13.0. The number of hydrogen-bond donors (Lipinski definition) is 1. The second kappa shape index (κ2) is 5.18. The summed E-state index contributed by atoms with van der Waals surface area (Å²) in [7, 11) is 1.55. The lowest BCUT2D eigenvalue weighted by molar-refractivity contribution is -0.209. The molecule has 2 heterocycles. The van der Waals surface area contributed by atoms with E-state index in [2.05, 4.69) is 10.4 Å². The summed E-state index contributed by atoms with van der Waals surface area (Å²) >= 11 is 0. The van der Waals surface area contributed by atoms with E-state index in [1.807, 2.05) is 0 Å². The molecule has 5 nitrogen and oxygen atoms in total. The van der Waals surface area contributed by atoms with Crippen LogP contribution in [0.2, 0.25) is 0 Å². The topological polar surface area (TPSA) is 51.3 Å². The standard InChI is InChI=1S/C13H17F3N4O/c1-12(2,13(14,15)16)8-17-7-10-18-20-6-4-5-9(20)11(21)19(10)3/h4-6,17H,7-8H2,1-3H3. The summed E-state index contributed by atoms with van der Waals surface area (Å²) in [6.07, 6.45) is -2.66. The summed E-state index contributed by atoms with van der Waals surface area (Å²) in [5, 5.41) is 6.93. The first kappa shape index (κ1) is 15.6. The van der Waals surface area contributed by atoms with Gasteiger partial charge in [0, 0.05) is 19.8 Å². The molecule has 0 amide bonds. The van der Waals surface area contributed by atoms with Crippen molar-refractivity contribution in [2.75, 3.05) is 6.54 Å². The molecule has 0 saturated heterocycles. The largest absolute Gasteiger partial charge is 0.395 e. The van der Waals surface area contributed by atoms with Gasteiger partial charge in [-0.15, -0.1) is 0 Å². The Balaban J connectivity index is 2.14. The summed E-state index contributed by atoms with van der Waals surface area (Å²) in [5.41, 5.74) is -1.65. The highest BCUT2D eigenvalue weighted by atomic mass is 19.4. The maximum atomic E-state index is 12.8. The Morgan fingerprint density at radius 3 is 2.62 bits per heavy atom. The van der Waals surface area contributed by atoms with Gasteiger partial charge in [0.25, 0.3) is 5.56 Å². The first-order valence-electron chi connectivity index (χ1n) is 6.44. The molecule has 0 unspecified atom stereocenters. The van der Waals surface area contributed by atoms with E-state index in [4.69, 9.17) is 0 Å². The van der Waals surface area contributed by atoms with Crippen LogP contribution >= 0.6 is 0 Å². The lowest BCUT2D eigenvalue weighted by atomic mass is 9.93. The lowest BCUT2D eigenvalue weighted by Crippen LogP contribution is -2.41. The van der Waals surface area contributed by atoms with Gasteiger partial charge in [0.05, 0.1) is 12.0 Å². The minimum absolute atomic E-state index is 0.0827. The van der Waals surface area contributed by atoms with Crippen molar-refractivity contribution in [1.29, 1.82) is 0 Å². The Morgan fingerprint density at radius 2 is 2.00 bits per heavy atom. The molecule has 2 aromatic heterocycles. The predicted octanol–water partition coefficient (Wildman–Crippen LogP) is 1.71. The molecule has 0 spiro atoms. The summed E-state index contributed by atoms with van der Waals surface area (Å²) < 4.78 is 41.0. The summed E-state index contributed by atoms with van der Waals surface area (Å²) in [4.78, 5) is 12.0. The number of fused-ring (bicyclic) bond motifs is 1. The van der Waals surface area contributed by atoms with Gasteiger partial charge in [-0.05, 0) is 26.0 Å². The Hall–Kier alpha value is -1.83. The fourth-order valence-corrected chi connectivity index (χ4v) is 1.85. The van der Waals surface area contributed by atoms with Crippen molar-refractivity contribution in [3.8, 4) is 0 Å². The number of hydrogen-bond acceptors (Lipinski definition) is 3. The number of nitrogens with zero attached hydrogens (tertiary/aromatic N) is 3. The number of rotatable bonds is 4. The minimum Gasteiger partial charge on any atom is -0.309 e. The molecule has 0 radical (unpaired) electrons. The lowest BCUT2D eigenvalue weighted by Gasteiger charge is -2.27. The van der Waals surface area contributed by atoms with E-state index in [0.717, 1.165) is 13.8 Å². The predicted molar refractivity (Wildman–Crippen MR) is 72.0 cm³/mol.